The van der Waals surface area contributed by atoms with E-state index in [0.29, 0.717) is 12.1 Å². The van der Waals surface area contributed by atoms with E-state index in [9.17, 15) is 26.3 Å². The average Bonchev–Trinajstić information content (AvgIpc) is 2.25. The number of alkyl halides is 6. The lowest BCUT2D eigenvalue weighted by Crippen LogP contribution is -2.39. The predicted molar refractivity (Wildman–Crippen MR) is 62.7 cm³/mol. The summed E-state index contributed by atoms with van der Waals surface area (Å²) in [5, 5.41) is 8.55. The number of aliphatic hydroxyl groups is 1. The molecule has 20 heavy (non-hydrogen) atoms. The van der Waals surface area contributed by atoms with E-state index in [-0.39, 0.29) is 17.4 Å². The van der Waals surface area contributed by atoms with Crippen molar-refractivity contribution in [3.05, 3.63) is 34.3 Å². The second-order valence-electron chi connectivity index (χ2n) is 3.75. The van der Waals surface area contributed by atoms with Crippen LogP contribution in [0.3, 0.4) is 0 Å². The Balaban J connectivity index is 0.00000361. The van der Waals surface area contributed by atoms with Crippen LogP contribution in [0, 0.1) is 0 Å². The smallest absolute Gasteiger partial charge is 0.382 e. The zero-order valence-corrected chi connectivity index (χ0v) is 11.0. The number of benzene rings is 1. The van der Waals surface area contributed by atoms with Crippen LogP contribution in [0.25, 0.3) is 0 Å². The van der Waals surface area contributed by atoms with Crippen LogP contribution >= 0.6 is 24.0 Å². The molecule has 0 radical (unpaired) electrons. The number of halogens is 8. The molecule has 2 nitrogen and oxygen atoms in total. The molecule has 1 aromatic rings. The van der Waals surface area contributed by atoms with Crippen LogP contribution in [-0.4, -0.2) is 17.4 Å². The molecule has 0 heterocycles. The van der Waals surface area contributed by atoms with Crippen molar-refractivity contribution in [2.75, 3.05) is 0 Å². The minimum atomic E-state index is -5.06. The van der Waals surface area contributed by atoms with Gasteiger partial charge in [-0.1, -0.05) is 11.6 Å². The molecule has 10 heteroatoms. The van der Waals surface area contributed by atoms with Crippen LogP contribution in [0.5, 0.6) is 0 Å². The van der Waals surface area contributed by atoms with Crippen LogP contribution < -0.4 is 5.73 Å². The number of nitrogens with two attached hydrogens (primary N) is 1. The molecule has 0 aromatic heterocycles. The Labute approximate surface area is 120 Å². The highest BCUT2D eigenvalue weighted by molar-refractivity contribution is 6.31. The lowest BCUT2D eigenvalue weighted by atomic mass is 9.99. The SMILES string of the molecule is Cl.N[C@H](c1cc(C(F)(F)F)ccc1Cl)[C@@H](O)C(F)(F)F. The fourth-order valence-electron chi connectivity index (χ4n) is 1.35. The third-order valence-electron chi connectivity index (χ3n) is 2.36. The van der Waals surface area contributed by atoms with E-state index < -0.39 is 35.6 Å². The summed E-state index contributed by atoms with van der Waals surface area (Å²) in [5.41, 5.74) is 3.29. The molecule has 0 spiro atoms. The van der Waals surface area contributed by atoms with E-state index >= 15 is 0 Å². The minimum absolute atomic E-state index is 0. The zero-order valence-electron chi connectivity index (χ0n) is 9.47. The molecule has 0 fully saturated rings. The van der Waals surface area contributed by atoms with Crippen molar-refractivity contribution in [3.8, 4) is 0 Å². The molecule has 3 N–H and O–H groups in total. The molecule has 0 aliphatic rings. The van der Waals surface area contributed by atoms with Gasteiger partial charge in [0.1, 0.15) is 0 Å². The molecule has 0 bridgehead atoms. The van der Waals surface area contributed by atoms with Gasteiger partial charge in [-0.25, -0.2) is 0 Å². The van der Waals surface area contributed by atoms with Gasteiger partial charge in [0.2, 0.25) is 0 Å². The van der Waals surface area contributed by atoms with Gasteiger partial charge in [0.05, 0.1) is 11.6 Å². The van der Waals surface area contributed by atoms with E-state index in [0.717, 1.165) is 6.07 Å². The molecule has 0 unspecified atom stereocenters. The van der Waals surface area contributed by atoms with Gasteiger partial charge in [0.15, 0.2) is 6.10 Å². The molecule has 0 amide bonds. The lowest BCUT2D eigenvalue weighted by Gasteiger charge is -2.23. The fraction of sp³-hybridized carbons (Fsp3) is 0.400. The standard InChI is InChI=1S/C10H8ClF6NO.ClH/c11-6-2-1-4(9(12,13)14)3-5(6)7(18)8(19)10(15,16)17;/h1-3,7-8,19H,18H2;1H/t7-,8-;/m1./s1. The third kappa shape index (κ3) is 4.41. The van der Waals surface area contributed by atoms with E-state index in [1.807, 2.05) is 0 Å². The van der Waals surface area contributed by atoms with Gasteiger partial charge in [-0.3, -0.25) is 0 Å². The van der Waals surface area contributed by atoms with Gasteiger partial charge in [0.25, 0.3) is 0 Å². The van der Waals surface area contributed by atoms with Crippen LogP contribution in [0.15, 0.2) is 18.2 Å². The average molecular weight is 344 g/mol. The molecular weight excluding hydrogens is 335 g/mol. The first-order valence-corrected chi connectivity index (χ1v) is 5.19. The summed E-state index contributed by atoms with van der Waals surface area (Å²) >= 11 is 5.51. The number of hydrogen-bond donors (Lipinski definition) is 2. The number of aliphatic hydroxyl groups excluding tert-OH is 1. The Morgan fingerprint density at radius 3 is 2.00 bits per heavy atom. The van der Waals surface area contributed by atoms with Crippen LogP contribution in [0.1, 0.15) is 17.2 Å². The molecule has 0 aliphatic heterocycles. The normalized spacial score (nSPS) is 15.4. The summed E-state index contributed by atoms with van der Waals surface area (Å²) in [7, 11) is 0. The summed E-state index contributed by atoms with van der Waals surface area (Å²) in [6.45, 7) is 0. The molecule has 116 valence electrons. The highest BCUT2D eigenvalue weighted by Gasteiger charge is 2.43. The van der Waals surface area contributed by atoms with Crippen LogP contribution in [-0.2, 0) is 6.18 Å². The van der Waals surface area contributed by atoms with E-state index in [1.54, 1.807) is 0 Å². The molecule has 1 aromatic carbocycles. The Morgan fingerprint density at radius 2 is 1.60 bits per heavy atom. The van der Waals surface area contributed by atoms with Crippen molar-refractivity contribution in [2.45, 2.75) is 24.5 Å². The first-order chi connectivity index (χ1) is 8.44. The Hall–Kier alpha value is -0.700. The summed E-state index contributed by atoms with van der Waals surface area (Å²) in [5.74, 6) is 0. The topological polar surface area (TPSA) is 46.2 Å². The van der Waals surface area contributed by atoms with Gasteiger partial charge in [0, 0.05) is 5.02 Å². The predicted octanol–water partition coefficient (Wildman–Crippen LogP) is 3.70. The maximum atomic E-state index is 12.4. The molecule has 0 saturated carbocycles. The number of rotatable bonds is 2. The van der Waals surface area contributed by atoms with Gasteiger partial charge >= 0.3 is 12.4 Å². The van der Waals surface area contributed by atoms with Crippen molar-refractivity contribution in [2.24, 2.45) is 5.73 Å². The monoisotopic (exact) mass is 343 g/mol. The maximum absolute atomic E-state index is 12.4. The fourth-order valence-corrected chi connectivity index (χ4v) is 1.59. The zero-order chi connectivity index (χ0) is 15.0. The van der Waals surface area contributed by atoms with Gasteiger partial charge in [-0.2, -0.15) is 26.3 Å². The molecule has 2 atom stereocenters. The summed E-state index contributed by atoms with van der Waals surface area (Å²) in [6, 6.07) is -0.321. The van der Waals surface area contributed by atoms with Crippen molar-refractivity contribution in [1.82, 2.24) is 0 Å². The number of hydrogen-bond acceptors (Lipinski definition) is 2. The van der Waals surface area contributed by atoms with Gasteiger partial charge in [-0.15, -0.1) is 12.4 Å². The Kier molecular flexibility index (Phi) is 6.16. The Morgan fingerprint density at radius 1 is 1.10 bits per heavy atom. The second kappa shape index (κ2) is 6.38. The lowest BCUT2D eigenvalue weighted by molar-refractivity contribution is -0.210. The van der Waals surface area contributed by atoms with Crippen LogP contribution in [0.2, 0.25) is 5.02 Å². The highest BCUT2D eigenvalue weighted by Crippen LogP contribution is 2.36. The van der Waals surface area contributed by atoms with Crippen molar-refractivity contribution < 1.29 is 31.4 Å². The molecule has 1 rings (SSSR count). The van der Waals surface area contributed by atoms with E-state index in [1.165, 1.54) is 0 Å². The highest BCUT2D eigenvalue weighted by atomic mass is 35.5. The summed E-state index contributed by atoms with van der Waals surface area (Å²) < 4.78 is 74.1. The molecule has 0 aliphatic carbocycles. The minimum Gasteiger partial charge on any atom is -0.382 e. The Bertz CT molecular complexity index is 462. The summed E-state index contributed by atoms with van der Waals surface area (Å²) in [6.07, 6.45) is -12.8. The van der Waals surface area contributed by atoms with Crippen molar-refractivity contribution in [3.63, 3.8) is 0 Å². The maximum Gasteiger partial charge on any atom is 0.416 e. The van der Waals surface area contributed by atoms with Crippen molar-refractivity contribution in [1.29, 1.82) is 0 Å². The van der Waals surface area contributed by atoms with E-state index in [4.69, 9.17) is 22.4 Å². The third-order valence-corrected chi connectivity index (χ3v) is 2.70. The van der Waals surface area contributed by atoms with Gasteiger partial charge in [-0.05, 0) is 23.8 Å². The first-order valence-electron chi connectivity index (χ1n) is 4.81. The van der Waals surface area contributed by atoms with Gasteiger partial charge < -0.3 is 10.8 Å². The first kappa shape index (κ1) is 19.3. The molecule has 0 saturated heterocycles. The summed E-state index contributed by atoms with van der Waals surface area (Å²) in [4.78, 5) is 0. The second-order valence-corrected chi connectivity index (χ2v) is 4.15. The largest absolute Gasteiger partial charge is 0.416 e. The molecular formula is C10H9Cl2F6NO. The van der Waals surface area contributed by atoms with Crippen molar-refractivity contribution >= 4 is 24.0 Å². The van der Waals surface area contributed by atoms with Crippen LogP contribution in [0.4, 0.5) is 26.3 Å². The quantitative estimate of drug-likeness (QED) is 0.804. The van der Waals surface area contributed by atoms with E-state index in [2.05, 4.69) is 0 Å².